The molecule has 94 heavy (non-hydrogen) atoms. The molecule has 2 aromatic heterocycles. The lowest BCUT2D eigenvalue weighted by molar-refractivity contribution is -0.131. The minimum atomic E-state index is -1.30. The van der Waals surface area contributed by atoms with Gasteiger partial charge in [-0.3, -0.25) is 28.8 Å². The standard InChI is InChI=1S/C72H68N12O10/c85-67-59-25-13-15-27-65(59)84-42-56(80-82-84)40-74-70(88)64(48-92-44-52-19-7-2-8-20-52)78-72(90)62(38-50-31-35-58(36-32-50)94-46-54-23-11-4-12-24-54)76-68(86)60-26-14-16-28-66(60)83-41-55(79-81-83)39-73-69(87)63(47-91-43-51-17-5-1-6-18-51)77-71(89)61(75-67)37-49-29-33-57(34-30-49)93-45-53-21-9-3-10-22-53/h1-36,41-42,61-64H,37-40,43-48H2,(H,73,87)(H,74,88)(H,75,85)(H,76,86)(H,77,89)(H,78,90)/t61-,62-,63-,64-/m0/s1. The Balaban J connectivity index is 0.901. The molecule has 0 saturated carbocycles. The Hall–Kier alpha value is -11.6. The number of hydrogen-bond donors (Lipinski definition) is 6. The highest BCUT2D eigenvalue weighted by molar-refractivity contribution is 6.02. The van der Waals surface area contributed by atoms with E-state index in [1.165, 1.54) is 21.8 Å². The van der Waals surface area contributed by atoms with Crippen molar-refractivity contribution in [1.82, 2.24) is 61.9 Å². The zero-order valence-corrected chi connectivity index (χ0v) is 51.1. The molecule has 0 radical (unpaired) electrons. The van der Waals surface area contributed by atoms with E-state index in [2.05, 4.69) is 52.5 Å². The van der Waals surface area contributed by atoms with Gasteiger partial charge in [0.25, 0.3) is 11.8 Å². The van der Waals surface area contributed by atoms with Gasteiger partial charge < -0.3 is 50.8 Å². The molecule has 6 N–H and O–H groups in total. The molecule has 0 saturated heterocycles. The lowest BCUT2D eigenvalue weighted by atomic mass is 10.0. The van der Waals surface area contributed by atoms with E-state index in [0.717, 1.165) is 22.3 Å². The zero-order valence-electron chi connectivity index (χ0n) is 51.1. The molecule has 476 valence electrons. The molecular weight excluding hydrogens is 1190 g/mol. The van der Waals surface area contributed by atoms with Crippen molar-refractivity contribution < 1.29 is 47.7 Å². The fourth-order valence-corrected chi connectivity index (χ4v) is 10.3. The molecule has 22 heteroatoms. The average molecular weight is 1260 g/mol. The summed E-state index contributed by atoms with van der Waals surface area (Å²) in [4.78, 5) is 88.2. The third-order valence-electron chi connectivity index (χ3n) is 15.3. The Labute approximate surface area is 542 Å². The first kappa shape index (κ1) is 63.9. The topological polar surface area (TPSA) is 273 Å². The molecule has 3 heterocycles. The predicted molar refractivity (Wildman–Crippen MR) is 347 cm³/mol. The summed E-state index contributed by atoms with van der Waals surface area (Å²) >= 11 is 0. The third kappa shape index (κ3) is 17.9. The molecule has 1 aliphatic rings. The molecule has 11 rings (SSSR count). The van der Waals surface area contributed by atoms with Gasteiger partial charge in [-0.05, 0) is 81.9 Å². The summed E-state index contributed by atoms with van der Waals surface area (Å²) in [6, 6.07) is 60.4. The van der Waals surface area contributed by atoms with Gasteiger partial charge in [0, 0.05) is 12.8 Å². The maximum atomic E-state index is 14.9. The van der Waals surface area contributed by atoms with Crippen LogP contribution < -0.4 is 41.4 Å². The van der Waals surface area contributed by atoms with Crippen molar-refractivity contribution in [3.63, 3.8) is 0 Å². The number of aromatic nitrogens is 6. The molecule has 8 aromatic carbocycles. The molecule has 4 atom stereocenters. The fourth-order valence-electron chi connectivity index (χ4n) is 10.3. The lowest BCUT2D eigenvalue weighted by Gasteiger charge is -2.24. The second-order valence-corrected chi connectivity index (χ2v) is 22.2. The van der Waals surface area contributed by atoms with E-state index in [0.29, 0.717) is 35.8 Å². The van der Waals surface area contributed by atoms with Crippen LogP contribution in [-0.2, 0) is 81.0 Å². The molecular formula is C72H68N12O10. The predicted octanol–water partition coefficient (Wildman–Crippen LogP) is 7.04. The number of amides is 6. The van der Waals surface area contributed by atoms with Crippen LogP contribution in [0.4, 0.5) is 0 Å². The summed E-state index contributed by atoms with van der Waals surface area (Å²) in [5, 5.41) is 34.6. The van der Waals surface area contributed by atoms with Gasteiger partial charge in [0.1, 0.15) is 60.3 Å². The third-order valence-corrected chi connectivity index (χ3v) is 15.3. The van der Waals surface area contributed by atoms with Crippen LogP contribution >= 0.6 is 0 Å². The van der Waals surface area contributed by atoms with Gasteiger partial charge in [0.15, 0.2) is 0 Å². The normalized spacial score (nSPS) is 16.6. The van der Waals surface area contributed by atoms with Crippen molar-refractivity contribution in [1.29, 1.82) is 0 Å². The van der Waals surface area contributed by atoms with Crippen molar-refractivity contribution >= 4 is 35.4 Å². The molecule has 0 aliphatic carbocycles. The van der Waals surface area contributed by atoms with Gasteiger partial charge >= 0.3 is 0 Å². The number of carbonyl (C=O) groups excluding carboxylic acids is 6. The van der Waals surface area contributed by atoms with Crippen LogP contribution in [0.3, 0.4) is 0 Å². The number of nitrogens with one attached hydrogen (secondary N) is 6. The van der Waals surface area contributed by atoms with Crippen molar-refractivity contribution in [2.24, 2.45) is 0 Å². The molecule has 1 aliphatic heterocycles. The number of benzene rings is 8. The first-order valence-corrected chi connectivity index (χ1v) is 30.6. The maximum Gasteiger partial charge on any atom is 0.254 e. The Morgan fingerprint density at radius 2 is 0.691 bits per heavy atom. The summed E-state index contributed by atoms with van der Waals surface area (Å²) in [7, 11) is 0. The summed E-state index contributed by atoms with van der Waals surface area (Å²) in [6.45, 7) is -0.0160. The van der Waals surface area contributed by atoms with Gasteiger partial charge in [-0.25, -0.2) is 9.36 Å². The largest absolute Gasteiger partial charge is 0.489 e. The Bertz CT molecular complexity index is 3890. The van der Waals surface area contributed by atoms with E-state index in [1.54, 1.807) is 97.1 Å². The van der Waals surface area contributed by atoms with Gasteiger partial charge in [0.05, 0.1) is 74.4 Å². The minimum Gasteiger partial charge on any atom is -0.489 e. The van der Waals surface area contributed by atoms with Gasteiger partial charge in [-0.2, -0.15) is 0 Å². The summed E-state index contributed by atoms with van der Waals surface area (Å²) < 4.78 is 27.0. The SMILES string of the molecule is O=C1N[C@@H](Cc2ccc(OCc3ccccc3)cc2)C(=O)N[C@@H](COCc2ccccc2)C(=O)NCc2cn(nn2)-c2ccccc2C(=O)N[C@@H](Cc2ccc(OCc3ccccc3)cc2)C(=O)N[C@@H](COCc2ccccc2)C(=O)NCc2cn(nn2)-c2ccccc21. The van der Waals surface area contributed by atoms with E-state index < -0.39 is 59.6 Å². The van der Waals surface area contributed by atoms with Crippen LogP contribution in [0.25, 0.3) is 11.4 Å². The van der Waals surface area contributed by atoms with Gasteiger partial charge in [-0.1, -0.05) is 180 Å². The van der Waals surface area contributed by atoms with Crippen LogP contribution in [0.1, 0.15) is 65.5 Å². The number of carbonyl (C=O) groups is 6. The van der Waals surface area contributed by atoms with E-state index in [1.807, 2.05) is 121 Å². The van der Waals surface area contributed by atoms with Gasteiger partial charge in [0.2, 0.25) is 23.6 Å². The minimum absolute atomic E-state index is 0.0212. The molecule has 0 spiro atoms. The second-order valence-electron chi connectivity index (χ2n) is 22.2. The maximum absolute atomic E-state index is 14.9. The monoisotopic (exact) mass is 1260 g/mol. The van der Waals surface area contributed by atoms with Crippen molar-refractivity contribution in [3.05, 3.63) is 287 Å². The number of ether oxygens (including phenoxy) is 4. The quantitative estimate of drug-likeness (QED) is 0.0503. The Morgan fingerprint density at radius 3 is 1.06 bits per heavy atom. The number of nitrogens with zero attached hydrogens (tertiary/aromatic N) is 6. The van der Waals surface area contributed by atoms with Crippen LogP contribution in [0, 0.1) is 0 Å². The molecule has 10 aromatic rings. The molecule has 6 amide bonds. The smallest absolute Gasteiger partial charge is 0.254 e. The number of rotatable bonds is 18. The zero-order chi connectivity index (χ0) is 64.9. The van der Waals surface area contributed by atoms with Crippen LogP contribution in [0.5, 0.6) is 11.5 Å². The van der Waals surface area contributed by atoms with Gasteiger partial charge in [-0.15, -0.1) is 10.2 Å². The summed E-state index contributed by atoms with van der Waals surface area (Å²) in [5.41, 5.74) is 6.29. The molecule has 0 unspecified atom stereocenters. The van der Waals surface area contributed by atoms with E-state index >= 15 is 0 Å². The number of para-hydroxylation sites is 2. The summed E-state index contributed by atoms with van der Waals surface area (Å²) in [5.74, 6) is -2.81. The fraction of sp³-hybridized carbons (Fsp3) is 0.194. The Kier molecular flexibility index (Phi) is 21.7. The number of hydrogen-bond acceptors (Lipinski definition) is 14. The van der Waals surface area contributed by atoms with Crippen molar-refractivity contribution in [2.45, 2.75) is 76.5 Å². The Morgan fingerprint density at radius 1 is 0.351 bits per heavy atom. The van der Waals surface area contributed by atoms with Crippen LogP contribution in [0.2, 0.25) is 0 Å². The first-order valence-electron chi connectivity index (χ1n) is 30.6. The van der Waals surface area contributed by atoms with Crippen LogP contribution in [0.15, 0.2) is 231 Å². The van der Waals surface area contributed by atoms with Crippen LogP contribution in [-0.4, -0.2) is 103 Å². The molecule has 0 fully saturated rings. The van der Waals surface area contributed by atoms with Crippen molar-refractivity contribution in [2.75, 3.05) is 13.2 Å². The molecule has 22 nitrogen and oxygen atoms in total. The van der Waals surface area contributed by atoms with E-state index in [9.17, 15) is 28.8 Å². The van der Waals surface area contributed by atoms with Crippen molar-refractivity contribution in [3.8, 4) is 22.9 Å². The lowest BCUT2D eigenvalue weighted by Crippen LogP contribution is -2.55. The number of fused-ring (bicyclic) bond motifs is 8. The summed E-state index contributed by atoms with van der Waals surface area (Å²) in [6.07, 6.45) is 3.02. The molecule has 4 bridgehead atoms. The highest BCUT2D eigenvalue weighted by atomic mass is 16.5. The highest BCUT2D eigenvalue weighted by Crippen LogP contribution is 2.21. The average Bonchev–Trinajstić information content (AvgIpc) is 2.06. The van der Waals surface area contributed by atoms with E-state index in [4.69, 9.17) is 18.9 Å². The second kappa shape index (κ2) is 31.9. The highest BCUT2D eigenvalue weighted by Gasteiger charge is 2.31. The first-order chi connectivity index (χ1) is 46.0. The van der Waals surface area contributed by atoms with E-state index in [-0.39, 0.29) is 86.2 Å².